The summed E-state index contributed by atoms with van der Waals surface area (Å²) in [6.45, 7) is 1.85. The molecule has 0 spiro atoms. The van der Waals surface area contributed by atoms with Crippen molar-refractivity contribution in [2.24, 2.45) is 0 Å². The Kier molecular flexibility index (Phi) is 2.82. The molecule has 0 fully saturated rings. The first-order valence-electron chi connectivity index (χ1n) is 4.59. The molecule has 0 aliphatic heterocycles. The van der Waals surface area contributed by atoms with Crippen LogP contribution in [0.5, 0.6) is 0 Å². The number of rotatable bonds is 2. The number of carbonyl (C=O) groups is 1. The van der Waals surface area contributed by atoms with Crippen molar-refractivity contribution in [2.75, 3.05) is 5.32 Å². The topological polar surface area (TPSA) is 74.8 Å². The van der Waals surface area contributed by atoms with E-state index in [1.807, 2.05) is 19.1 Å². The molecule has 1 aromatic heterocycles. The van der Waals surface area contributed by atoms with Gasteiger partial charge in [0, 0.05) is 5.56 Å². The number of anilines is 1. The lowest BCUT2D eigenvalue weighted by Gasteiger charge is -2.03. The predicted octanol–water partition coefficient (Wildman–Crippen LogP) is 1.39. The highest BCUT2D eigenvalue weighted by atomic mass is 32.1. The van der Waals surface area contributed by atoms with Gasteiger partial charge < -0.3 is 0 Å². The molecule has 2 N–H and O–H groups in total. The molecule has 0 saturated heterocycles. The second-order valence-corrected chi connectivity index (χ2v) is 3.99. The number of hydrogen-bond donors (Lipinski definition) is 2. The highest BCUT2D eigenvalue weighted by molar-refractivity contribution is 7.09. The number of amides is 1. The number of benzene rings is 1. The van der Waals surface area contributed by atoms with Crippen molar-refractivity contribution in [1.29, 1.82) is 0 Å². The first kappa shape index (κ1) is 10.6. The molecule has 82 valence electrons. The van der Waals surface area contributed by atoms with Crippen molar-refractivity contribution in [3.05, 3.63) is 45.9 Å². The third-order valence-corrected chi connectivity index (χ3v) is 2.71. The lowest BCUT2D eigenvalue weighted by molar-refractivity contribution is 0.102. The first-order chi connectivity index (χ1) is 7.66. The Bertz CT molecular complexity index is 573. The molecule has 0 aliphatic rings. The van der Waals surface area contributed by atoms with Crippen LogP contribution in [0.1, 0.15) is 15.9 Å². The standard InChI is InChI=1S/C10H9N3O2S/c1-6-4-2-3-5-7(6)8(14)11-10-12-9(15)13-16-10/h2-5H,1H3,(H2,11,12,13,14,15). The fourth-order valence-corrected chi connectivity index (χ4v) is 1.78. The smallest absolute Gasteiger partial charge is 0.297 e. The minimum absolute atomic E-state index is 0.263. The van der Waals surface area contributed by atoms with Crippen molar-refractivity contribution in [3.8, 4) is 0 Å². The predicted molar refractivity (Wildman–Crippen MR) is 61.9 cm³/mol. The van der Waals surface area contributed by atoms with Gasteiger partial charge in [-0.15, -0.1) is 0 Å². The number of nitrogens with zero attached hydrogens (tertiary/aromatic N) is 1. The fraction of sp³-hybridized carbons (Fsp3) is 0.100. The summed E-state index contributed by atoms with van der Waals surface area (Å²) < 4.78 is 2.40. The molecule has 0 radical (unpaired) electrons. The largest absolute Gasteiger partial charge is 0.357 e. The zero-order chi connectivity index (χ0) is 11.5. The van der Waals surface area contributed by atoms with Gasteiger partial charge in [0.2, 0.25) is 5.13 Å². The zero-order valence-electron chi connectivity index (χ0n) is 8.48. The Morgan fingerprint density at radius 3 is 2.81 bits per heavy atom. The van der Waals surface area contributed by atoms with Crippen LogP contribution in [0, 0.1) is 6.92 Å². The molecule has 6 heteroatoms. The minimum atomic E-state index is -0.454. The second-order valence-electron chi connectivity index (χ2n) is 3.20. The third-order valence-electron chi connectivity index (χ3n) is 2.05. The number of H-pyrrole nitrogens is 1. The van der Waals surface area contributed by atoms with Crippen LogP contribution in [0.25, 0.3) is 0 Å². The van der Waals surface area contributed by atoms with E-state index < -0.39 is 5.69 Å². The number of nitrogens with one attached hydrogen (secondary N) is 2. The number of aromatic amines is 1. The molecular formula is C10H9N3O2S. The molecule has 1 heterocycles. The van der Waals surface area contributed by atoms with Crippen LogP contribution in [-0.2, 0) is 0 Å². The van der Waals surface area contributed by atoms with E-state index in [2.05, 4.69) is 14.7 Å². The van der Waals surface area contributed by atoms with Crippen molar-refractivity contribution >= 4 is 22.6 Å². The summed E-state index contributed by atoms with van der Waals surface area (Å²) in [7, 11) is 0. The third kappa shape index (κ3) is 2.17. The van der Waals surface area contributed by atoms with Crippen LogP contribution in [-0.4, -0.2) is 15.3 Å². The molecule has 0 aliphatic carbocycles. The number of hydrogen-bond acceptors (Lipinski definition) is 4. The molecule has 2 aromatic rings. The average Bonchev–Trinajstić information content (AvgIpc) is 2.64. The minimum Gasteiger partial charge on any atom is -0.297 e. The van der Waals surface area contributed by atoms with Crippen LogP contribution >= 0.6 is 11.5 Å². The molecule has 0 atom stereocenters. The van der Waals surface area contributed by atoms with Crippen LogP contribution in [0.4, 0.5) is 5.13 Å². The van der Waals surface area contributed by atoms with Gasteiger partial charge in [-0.1, -0.05) is 18.2 Å². The monoisotopic (exact) mass is 235 g/mol. The first-order valence-corrected chi connectivity index (χ1v) is 5.41. The molecular weight excluding hydrogens is 226 g/mol. The van der Waals surface area contributed by atoms with Crippen LogP contribution < -0.4 is 11.0 Å². The fourth-order valence-electron chi connectivity index (χ4n) is 1.28. The van der Waals surface area contributed by atoms with Crippen molar-refractivity contribution in [3.63, 3.8) is 0 Å². The van der Waals surface area contributed by atoms with E-state index in [0.717, 1.165) is 17.1 Å². The van der Waals surface area contributed by atoms with Gasteiger partial charge in [0.25, 0.3) is 5.91 Å². The summed E-state index contributed by atoms with van der Waals surface area (Å²) in [4.78, 5) is 26.1. The molecule has 2 rings (SSSR count). The quantitative estimate of drug-likeness (QED) is 0.826. The second kappa shape index (κ2) is 4.28. The van der Waals surface area contributed by atoms with Crippen molar-refractivity contribution in [1.82, 2.24) is 9.36 Å². The lowest BCUT2D eigenvalue weighted by Crippen LogP contribution is -2.14. The summed E-state index contributed by atoms with van der Waals surface area (Å²) in [5.74, 6) is -0.263. The van der Waals surface area contributed by atoms with Gasteiger partial charge in [0.05, 0.1) is 0 Å². The summed E-state index contributed by atoms with van der Waals surface area (Å²) in [6, 6.07) is 7.22. The van der Waals surface area contributed by atoms with Crippen molar-refractivity contribution in [2.45, 2.75) is 6.92 Å². The Labute approximate surface area is 95.3 Å². The van der Waals surface area contributed by atoms with E-state index in [9.17, 15) is 9.59 Å². The summed E-state index contributed by atoms with van der Waals surface area (Å²) in [5.41, 5.74) is 0.998. The van der Waals surface area contributed by atoms with Gasteiger partial charge >= 0.3 is 5.69 Å². The Hall–Kier alpha value is -1.95. The van der Waals surface area contributed by atoms with E-state index in [0.29, 0.717) is 5.56 Å². The molecule has 1 aromatic carbocycles. The molecule has 0 bridgehead atoms. The van der Waals surface area contributed by atoms with Gasteiger partial charge in [-0.2, -0.15) is 4.98 Å². The summed E-state index contributed by atoms with van der Waals surface area (Å²) >= 11 is 0.998. The maximum absolute atomic E-state index is 11.8. The van der Waals surface area contributed by atoms with E-state index in [1.165, 1.54) is 0 Å². The SMILES string of the molecule is Cc1ccccc1C(=O)Nc1nc(=O)[nH]s1. The molecule has 1 amide bonds. The van der Waals surface area contributed by atoms with Gasteiger partial charge in [-0.05, 0) is 30.1 Å². The van der Waals surface area contributed by atoms with Crippen LogP contribution in [0.15, 0.2) is 29.1 Å². The Balaban J connectivity index is 2.21. The van der Waals surface area contributed by atoms with E-state index >= 15 is 0 Å². The van der Waals surface area contributed by atoms with Gasteiger partial charge in [-0.3, -0.25) is 14.5 Å². The van der Waals surface area contributed by atoms with Gasteiger partial charge in [-0.25, -0.2) is 4.79 Å². The van der Waals surface area contributed by atoms with Gasteiger partial charge in [0.1, 0.15) is 0 Å². The number of aromatic nitrogens is 2. The highest BCUT2D eigenvalue weighted by Gasteiger charge is 2.10. The molecule has 0 unspecified atom stereocenters. The maximum Gasteiger partial charge on any atom is 0.357 e. The lowest BCUT2D eigenvalue weighted by atomic mass is 10.1. The van der Waals surface area contributed by atoms with Crippen LogP contribution in [0.2, 0.25) is 0 Å². The molecule has 16 heavy (non-hydrogen) atoms. The Morgan fingerprint density at radius 1 is 1.44 bits per heavy atom. The summed E-state index contributed by atoms with van der Waals surface area (Å²) in [6.07, 6.45) is 0. The van der Waals surface area contributed by atoms with Crippen molar-refractivity contribution < 1.29 is 4.79 Å². The van der Waals surface area contributed by atoms with Gasteiger partial charge in [0.15, 0.2) is 0 Å². The number of carbonyl (C=O) groups excluding carboxylic acids is 1. The molecule has 0 saturated carbocycles. The molecule has 5 nitrogen and oxygen atoms in total. The van der Waals surface area contributed by atoms with E-state index in [-0.39, 0.29) is 11.0 Å². The summed E-state index contributed by atoms with van der Waals surface area (Å²) in [5, 5.41) is 2.83. The van der Waals surface area contributed by atoms with E-state index in [1.54, 1.807) is 12.1 Å². The van der Waals surface area contributed by atoms with Crippen LogP contribution in [0.3, 0.4) is 0 Å². The number of aryl methyl sites for hydroxylation is 1. The highest BCUT2D eigenvalue weighted by Crippen LogP contribution is 2.11. The average molecular weight is 235 g/mol. The normalized spacial score (nSPS) is 10.1. The Morgan fingerprint density at radius 2 is 2.19 bits per heavy atom. The zero-order valence-corrected chi connectivity index (χ0v) is 9.30. The maximum atomic E-state index is 11.8. The van der Waals surface area contributed by atoms with E-state index in [4.69, 9.17) is 0 Å².